The lowest BCUT2D eigenvalue weighted by molar-refractivity contribution is -0.122. The maximum Gasteiger partial charge on any atom is 0.262 e. The topological polar surface area (TPSA) is 128 Å². The van der Waals surface area contributed by atoms with E-state index in [2.05, 4.69) is 4.72 Å². The first-order chi connectivity index (χ1) is 16.8. The molecule has 0 aliphatic carbocycles. The van der Waals surface area contributed by atoms with Crippen molar-refractivity contribution in [3.8, 4) is 11.5 Å². The molecule has 1 atom stereocenters. The summed E-state index contributed by atoms with van der Waals surface area (Å²) in [6.07, 6.45) is 0.352. The van der Waals surface area contributed by atoms with Gasteiger partial charge in [-0.15, -0.1) is 0 Å². The van der Waals surface area contributed by atoms with E-state index in [0.29, 0.717) is 36.7 Å². The molecule has 10 heteroatoms. The van der Waals surface area contributed by atoms with Gasteiger partial charge in [-0.1, -0.05) is 24.3 Å². The SMILES string of the molecule is NC(=O)[C@@H]1Cc2ccccc2CN1C(=O)c1ccc(NS(=O)(=O)c2ccc3c(c2)OCCO3)cc1. The largest absolute Gasteiger partial charge is 0.486 e. The first-order valence-electron chi connectivity index (χ1n) is 11.0. The fraction of sp³-hybridized carbons (Fsp3) is 0.200. The standard InChI is InChI=1S/C25H23N3O6S/c26-24(29)21-13-17-3-1-2-4-18(17)15-28(21)25(30)16-5-7-19(8-6-16)27-35(31,32)20-9-10-22-23(14-20)34-12-11-33-22/h1-10,14,21,27H,11-13,15H2,(H2,26,29)/t21-/m0/s1. The van der Waals surface area contributed by atoms with Gasteiger partial charge in [-0.2, -0.15) is 0 Å². The summed E-state index contributed by atoms with van der Waals surface area (Å²) in [5.74, 6) is -0.0685. The number of carbonyl (C=O) groups is 2. The lowest BCUT2D eigenvalue weighted by Gasteiger charge is -2.35. The van der Waals surface area contributed by atoms with Crippen LogP contribution in [-0.4, -0.2) is 44.4 Å². The van der Waals surface area contributed by atoms with Crippen LogP contribution in [0.1, 0.15) is 21.5 Å². The lowest BCUT2D eigenvalue weighted by Crippen LogP contribution is -2.51. The number of anilines is 1. The number of rotatable bonds is 5. The third kappa shape index (κ3) is 4.52. The highest BCUT2D eigenvalue weighted by Gasteiger charge is 2.33. The molecule has 5 rings (SSSR count). The Bertz CT molecular complexity index is 1400. The Morgan fingerprint density at radius 2 is 1.60 bits per heavy atom. The van der Waals surface area contributed by atoms with E-state index >= 15 is 0 Å². The van der Waals surface area contributed by atoms with Gasteiger partial charge in [-0.05, 0) is 47.5 Å². The van der Waals surface area contributed by atoms with Crippen molar-refractivity contribution in [2.75, 3.05) is 17.9 Å². The molecule has 0 saturated heterocycles. The number of ether oxygens (including phenoxy) is 2. The molecule has 35 heavy (non-hydrogen) atoms. The number of nitrogens with two attached hydrogens (primary N) is 1. The van der Waals surface area contributed by atoms with E-state index in [9.17, 15) is 18.0 Å². The zero-order valence-electron chi connectivity index (χ0n) is 18.6. The average Bonchev–Trinajstić information content (AvgIpc) is 2.87. The minimum absolute atomic E-state index is 0.0261. The number of sulfonamides is 1. The van der Waals surface area contributed by atoms with Crippen molar-refractivity contribution in [3.63, 3.8) is 0 Å². The van der Waals surface area contributed by atoms with Gasteiger partial charge >= 0.3 is 0 Å². The van der Waals surface area contributed by atoms with Gasteiger partial charge in [0, 0.05) is 30.3 Å². The van der Waals surface area contributed by atoms with E-state index in [1.165, 1.54) is 41.3 Å². The van der Waals surface area contributed by atoms with Gasteiger partial charge in [0.05, 0.1) is 4.90 Å². The molecule has 9 nitrogen and oxygen atoms in total. The second-order valence-electron chi connectivity index (χ2n) is 8.31. The van der Waals surface area contributed by atoms with Gasteiger partial charge in [0.25, 0.3) is 15.9 Å². The monoisotopic (exact) mass is 493 g/mol. The molecule has 0 saturated carbocycles. The summed E-state index contributed by atoms with van der Waals surface area (Å²) in [6, 6.07) is 17.3. The molecule has 2 amide bonds. The normalized spacial score (nSPS) is 16.8. The van der Waals surface area contributed by atoms with E-state index in [1.54, 1.807) is 6.07 Å². The molecule has 0 radical (unpaired) electrons. The zero-order chi connectivity index (χ0) is 24.6. The van der Waals surface area contributed by atoms with Crippen LogP contribution in [0.4, 0.5) is 5.69 Å². The Morgan fingerprint density at radius 3 is 2.31 bits per heavy atom. The minimum atomic E-state index is -3.90. The molecule has 3 N–H and O–H groups in total. The molecular weight excluding hydrogens is 470 g/mol. The maximum absolute atomic E-state index is 13.2. The van der Waals surface area contributed by atoms with Gasteiger partial charge < -0.3 is 20.1 Å². The average molecular weight is 494 g/mol. The van der Waals surface area contributed by atoms with Gasteiger partial charge in [0.1, 0.15) is 19.3 Å². The minimum Gasteiger partial charge on any atom is -0.486 e. The van der Waals surface area contributed by atoms with Crippen LogP contribution in [0.2, 0.25) is 0 Å². The number of primary amides is 1. The van der Waals surface area contributed by atoms with Gasteiger partial charge in [-0.3, -0.25) is 14.3 Å². The van der Waals surface area contributed by atoms with E-state index < -0.39 is 22.0 Å². The fourth-order valence-corrected chi connectivity index (χ4v) is 5.32. The highest BCUT2D eigenvalue weighted by Crippen LogP contribution is 2.33. The Labute approximate surface area is 202 Å². The van der Waals surface area contributed by atoms with Crippen LogP contribution in [0.15, 0.2) is 71.6 Å². The van der Waals surface area contributed by atoms with Crippen LogP contribution in [0.3, 0.4) is 0 Å². The third-order valence-corrected chi connectivity index (χ3v) is 7.42. The Kier molecular flexibility index (Phi) is 5.81. The number of hydrogen-bond donors (Lipinski definition) is 2. The quantitative estimate of drug-likeness (QED) is 0.561. The van der Waals surface area contributed by atoms with Gasteiger partial charge in [0.15, 0.2) is 11.5 Å². The van der Waals surface area contributed by atoms with E-state index in [0.717, 1.165) is 11.1 Å². The summed E-state index contributed by atoms with van der Waals surface area (Å²) >= 11 is 0. The first-order valence-corrected chi connectivity index (χ1v) is 12.5. The molecule has 3 aromatic carbocycles. The summed E-state index contributed by atoms with van der Waals surface area (Å²) in [6.45, 7) is 1.02. The molecule has 0 spiro atoms. The summed E-state index contributed by atoms with van der Waals surface area (Å²) < 4.78 is 39.1. The summed E-state index contributed by atoms with van der Waals surface area (Å²) in [5, 5.41) is 0. The van der Waals surface area contributed by atoms with Gasteiger partial charge in [0.2, 0.25) is 5.91 Å². The number of carbonyl (C=O) groups excluding carboxylic acids is 2. The summed E-state index contributed by atoms with van der Waals surface area (Å²) in [4.78, 5) is 26.8. The van der Waals surface area contributed by atoms with E-state index in [1.807, 2.05) is 24.3 Å². The van der Waals surface area contributed by atoms with Crippen LogP contribution < -0.4 is 19.9 Å². The number of nitrogens with zero attached hydrogens (tertiary/aromatic N) is 1. The zero-order valence-corrected chi connectivity index (χ0v) is 19.5. The first kappa shape index (κ1) is 22.7. The van der Waals surface area contributed by atoms with Crippen molar-refractivity contribution in [2.24, 2.45) is 5.73 Å². The van der Waals surface area contributed by atoms with Crippen molar-refractivity contribution in [1.29, 1.82) is 0 Å². The smallest absolute Gasteiger partial charge is 0.262 e. The van der Waals surface area contributed by atoms with Crippen molar-refractivity contribution in [3.05, 3.63) is 83.4 Å². The lowest BCUT2D eigenvalue weighted by atomic mass is 9.93. The second kappa shape index (κ2) is 8.95. The van der Waals surface area contributed by atoms with Crippen molar-refractivity contribution < 1.29 is 27.5 Å². The molecule has 0 bridgehead atoms. The molecule has 2 heterocycles. The molecule has 3 aromatic rings. The van der Waals surface area contributed by atoms with E-state index in [-0.39, 0.29) is 23.0 Å². The predicted molar refractivity (Wildman–Crippen MR) is 128 cm³/mol. The predicted octanol–water partition coefficient (Wildman–Crippen LogP) is 2.31. The van der Waals surface area contributed by atoms with Crippen LogP contribution in [-0.2, 0) is 27.8 Å². The van der Waals surface area contributed by atoms with Gasteiger partial charge in [-0.25, -0.2) is 8.42 Å². The highest BCUT2D eigenvalue weighted by atomic mass is 32.2. The molecule has 2 aliphatic heterocycles. The molecular formula is C25H23N3O6S. The highest BCUT2D eigenvalue weighted by molar-refractivity contribution is 7.92. The molecule has 0 aromatic heterocycles. The number of hydrogen-bond acceptors (Lipinski definition) is 6. The van der Waals surface area contributed by atoms with E-state index in [4.69, 9.17) is 15.2 Å². The van der Waals surface area contributed by atoms with Crippen molar-refractivity contribution >= 4 is 27.5 Å². The Morgan fingerprint density at radius 1 is 0.914 bits per heavy atom. The van der Waals surface area contributed by atoms with Crippen LogP contribution in [0.5, 0.6) is 11.5 Å². The Hall–Kier alpha value is -4.05. The van der Waals surface area contributed by atoms with Crippen molar-refractivity contribution in [2.45, 2.75) is 23.9 Å². The van der Waals surface area contributed by atoms with Crippen LogP contribution >= 0.6 is 0 Å². The maximum atomic E-state index is 13.2. The second-order valence-corrected chi connectivity index (χ2v) is 9.99. The fourth-order valence-electron chi connectivity index (χ4n) is 4.24. The number of amides is 2. The van der Waals surface area contributed by atoms with Crippen molar-refractivity contribution in [1.82, 2.24) is 4.90 Å². The molecule has 180 valence electrons. The van der Waals surface area contributed by atoms with Crippen LogP contribution in [0.25, 0.3) is 0 Å². The number of benzene rings is 3. The summed E-state index contributed by atoms with van der Waals surface area (Å²) in [5.41, 5.74) is 8.15. The van der Waals surface area contributed by atoms with Crippen LogP contribution in [0, 0.1) is 0 Å². The number of fused-ring (bicyclic) bond motifs is 2. The third-order valence-electron chi connectivity index (χ3n) is 6.05. The molecule has 0 fully saturated rings. The molecule has 0 unspecified atom stereocenters. The molecule has 2 aliphatic rings. The number of nitrogens with one attached hydrogen (secondary N) is 1. The summed E-state index contributed by atoms with van der Waals surface area (Å²) in [7, 11) is -3.90. The Balaban J connectivity index is 1.34.